The smallest absolute Gasteiger partial charge is 0.416 e. The number of rotatable bonds is 9. The summed E-state index contributed by atoms with van der Waals surface area (Å²) in [6.45, 7) is 4.42. The fourth-order valence-corrected chi connectivity index (χ4v) is 6.40. The van der Waals surface area contributed by atoms with Crippen LogP contribution in [-0.2, 0) is 22.3 Å². The van der Waals surface area contributed by atoms with Crippen LogP contribution in [0.3, 0.4) is 0 Å². The number of aliphatic imine (C=N–C) groups is 1. The maximum Gasteiger partial charge on any atom is 0.416 e. The van der Waals surface area contributed by atoms with Crippen LogP contribution in [0.2, 0.25) is 0 Å². The fraction of sp³-hybridized carbons (Fsp3) is 0.417. The molecule has 1 N–H and O–H groups in total. The first-order valence-corrected chi connectivity index (χ1v) is 16.0. The Labute approximate surface area is 272 Å². The van der Waals surface area contributed by atoms with Crippen molar-refractivity contribution in [3.8, 4) is 5.88 Å². The van der Waals surface area contributed by atoms with E-state index in [0.717, 1.165) is 60.2 Å². The fourth-order valence-electron chi connectivity index (χ4n) is 6.40. The van der Waals surface area contributed by atoms with Gasteiger partial charge < -0.3 is 19.5 Å². The molecule has 11 heteroatoms. The molecule has 248 valence electrons. The third kappa shape index (κ3) is 8.09. The SMILES string of the molecule is CC1=C(c2ccc(O[C@@H]3CCC[C@@H](OCc4ccccc4)C3)nc2)CC(NC(=O)c2cccc(C(F)(F)F)c2)(N2CCOCC2)C=N1. The number of pyridine rings is 1. The van der Waals surface area contributed by atoms with Gasteiger partial charge in [-0.1, -0.05) is 36.4 Å². The molecule has 1 aliphatic carbocycles. The molecule has 0 radical (unpaired) electrons. The molecular formula is C36H39F3N4O4. The number of nitrogens with zero attached hydrogens (tertiary/aromatic N) is 3. The van der Waals surface area contributed by atoms with Crippen molar-refractivity contribution in [3.63, 3.8) is 0 Å². The van der Waals surface area contributed by atoms with Crippen LogP contribution in [0.25, 0.3) is 5.57 Å². The second kappa shape index (κ2) is 14.4. The minimum atomic E-state index is -4.56. The number of carbonyl (C=O) groups excluding carboxylic acids is 1. The van der Waals surface area contributed by atoms with E-state index in [-0.39, 0.29) is 17.8 Å². The van der Waals surface area contributed by atoms with Gasteiger partial charge in [0, 0.05) is 55.7 Å². The number of hydrogen-bond donors (Lipinski definition) is 1. The summed E-state index contributed by atoms with van der Waals surface area (Å²) in [6, 6.07) is 18.4. The predicted octanol–water partition coefficient (Wildman–Crippen LogP) is 6.67. The van der Waals surface area contributed by atoms with Crippen LogP contribution >= 0.6 is 0 Å². The van der Waals surface area contributed by atoms with Gasteiger partial charge in [0.15, 0.2) is 0 Å². The molecule has 3 atom stereocenters. The van der Waals surface area contributed by atoms with Gasteiger partial charge in [0.25, 0.3) is 5.91 Å². The maximum absolute atomic E-state index is 13.5. The van der Waals surface area contributed by atoms with Crippen LogP contribution in [0.5, 0.6) is 5.88 Å². The highest BCUT2D eigenvalue weighted by Gasteiger charge is 2.41. The van der Waals surface area contributed by atoms with Gasteiger partial charge in [0.1, 0.15) is 11.8 Å². The number of carbonyl (C=O) groups is 1. The van der Waals surface area contributed by atoms with E-state index in [0.29, 0.717) is 45.2 Å². The molecule has 1 saturated carbocycles. The van der Waals surface area contributed by atoms with Crippen LogP contribution < -0.4 is 10.1 Å². The van der Waals surface area contributed by atoms with Crippen molar-refractivity contribution in [1.29, 1.82) is 0 Å². The predicted molar refractivity (Wildman–Crippen MR) is 172 cm³/mol. The zero-order valence-electron chi connectivity index (χ0n) is 26.3. The molecule has 3 aromatic rings. The van der Waals surface area contributed by atoms with E-state index < -0.39 is 23.3 Å². The number of alkyl halides is 3. The number of morpholine rings is 1. The lowest BCUT2D eigenvalue weighted by Crippen LogP contribution is -2.65. The standard InChI is InChI=1S/C36H39F3N4O4/c1-25-32(28-13-14-33(40-22-28)47-31-12-6-11-30(20-31)46-23-26-7-3-2-4-8-26)21-35(24-41-25,43-15-17-45-18-16-43)42-34(44)27-9-5-10-29(19-27)36(37,38)39/h2-5,7-10,13-14,19,22,24,30-31H,6,11-12,15-18,20-21,23H2,1H3,(H,42,44)/t30-,31-,35?/m1/s1. The van der Waals surface area contributed by atoms with Crippen molar-refractivity contribution >= 4 is 17.7 Å². The lowest BCUT2D eigenvalue weighted by atomic mass is 9.90. The van der Waals surface area contributed by atoms with Crippen LogP contribution in [0.1, 0.15) is 66.1 Å². The van der Waals surface area contributed by atoms with Crippen LogP contribution in [-0.4, -0.2) is 66.2 Å². The normalized spacial score (nSPS) is 23.8. The van der Waals surface area contributed by atoms with E-state index in [2.05, 4.69) is 32.3 Å². The monoisotopic (exact) mass is 648 g/mol. The van der Waals surface area contributed by atoms with E-state index in [1.54, 1.807) is 12.4 Å². The lowest BCUT2D eigenvalue weighted by Gasteiger charge is -2.45. The topological polar surface area (TPSA) is 85.3 Å². The van der Waals surface area contributed by atoms with Crippen LogP contribution in [0, 0.1) is 0 Å². The third-order valence-electron chi connectivity index (χ3n) is 8.99. The number of allylic oxidation sites excluding steroid dienone is 1. The summed E-state index contributed by atoms with van der Waals surface area (Å²) in [7, 11) is 0. The van der Waals surface area contributed by atoms with Crippen molar-refractivity contribution in [2.24, 2.45) is 4.99 Å². The summed E-state index contributed by atoms with van der Waals surface area (Å²) in [5, 5.41) is 3.03. The Balaban J connectivity index is 1.15. The molecule has 0 spiro atoms. The molecule has 0 bridgehead atoms. The minimum absolute atomic E-state index is 0.00290. The average Bonchev–Trinajstić information content (AvgIpc) is 3.09. The van der Waals surface area contributed by atoms with Gasteiger partial charge in [-0.3, -0.25) is 14.7 Å². The number of hydrogen-bond acceptors (Lipinski definition) is 7. The molecule has 1 amide bonds. The molecule has 2 aliphatic heterocycles. The minimum Gasteiger partial charge on any atom is -0.474 e. The molecule has 1 unspecified atom stereocenters. The van der Waals surface area contributed by atoms with Gasteiger partial charge in [-0.25, -0.2) is 4.98 Å². The summed E-state index contributed by atoms with van der Waals surface area (Å²) in [6.07, 6.45) is 3.10. The number of aromatic nitrogens is 1. The van der Waals surface area contributed by atoms with Crippen molar-refractivity contribution in [2.45, 2.75) is 69.7 Å². The first kappa shape index (κ1) is 32.9. The average molecular weight is 649 g/mol. The Morgan fingerprint density at radius 1 is 1.04 bits per heavy atom. The molecular weight excluding hydrogens is 609 g/mol. The molecule has 1 saturated heterocycles. The van der Waals surface area contributed by atoms with Crippen molar-refractivity contribution in [2.75, 3.05) is 26.3 Å². The zero-order chi connectivity index (χ0) is 32.9. The summed E-state index contributed by atoms with van der Waals surface area (Å²) in [4.78, 5) is 24.9. The van der Waals surface area contributed by atoms with E-state index in [4.69, 9.17) is 14.2 Å². The van der Waals surface area contributed by atoms with Gasteiger partial charge in [-0.05, 0) is 67.2 Å². The van der Waals surface area contributed by atoms with Crippen molar-refractivity contribution < 1.29 is 32.2 Å². The highest BCUT2D eigenvalue weighted by molar-refractivity contribution is 5.98. The molecule has 2 fully saturated rings. The molecule has 47 heavy (non-hydrogen) atoms. The Hall–Kier alpha value is -4.06. The van der Waals surface area contributed by atoms with Gasteiger partial charge in [0.05, 0.1) is 31.5 Å². The summed E-state index contributed by atoms with van der Waals surface area (Å²) in [5.74, 6) is -0.0920. The van der Waals surface area contributed by atoms with Gasteiger partial charge in [-0.15, -0.1) is 0 Å². The number of amides is 1. The summed E-state index contributed by atoms with van der Waals surface area (Å²) in [5.41, 5.74) is 1.58. The highest BCUT2D eigenvalue weighted by Crippen LogP contribution is 2.36. The van der Waals surface area contributed by atoms with E-state index >= 15 is 0 Å². The quantitative estimate of drug-likeness (QED) is 0.279. The van der Waals surface area contributed by atoms with Crippen molar-refractivity contribution in [3.05, 3.63) is 101 Å². The number of halogens is 3. The van der Waals surface area contributed by atoms with Gasteiger partial charge in [-0.2, -0.15) is 13.2 Å². The second-order valence-corrected chi connectivity index (χ2v) is 12.3. The number of ether oxygens (including phenoxy) is 3. The number of nitrogens with one attached hydrogen (secondary N) is 1. The maximum atomic E-state index is 13.5. The Bertz CT molecular complexity index is 1590. The first-order valence-electron chi connectivity index (χ1n) is 16.0. The zero-order valence-corrected chi connectivity index (χ0v) is 26.3. The molecule has 1 aromatic heterocycles. The Morgan fingerprint density at radius 2 is 1.83 bits per heavy atom. The molecule has 6 rings (SSSR count). The first-order chi connectivity index (χ1) is 22.7. The molecule has 3 heterocycles. The van der Waals surface area contributed by atoms with Gasteiger partial charge in [0.2, 0.25) is 5.88 Å². The molecule has 3 aliphatic rings. The van der Waals surface area contributed by atoms with Crippen LogP contribution in [0.4, 0.5) is 13.2 Å². The third-order valence-corrected chi connectivity index (χ3v) is 8.99. The Kier molecular flexibility index (Phi) is 10.0. The van der Waals surface area contributed by atoms with E-state index in [1.165, 1.54) is 12.1 Å². The summed E-state index contributed by atoms with van der Waals surface area (Å²) >= 11 is 0. The van der Waals surface area contributed by atoms with Crippen molar-refractivity contribution in [1.82, 2.24) is 15.2 Å². The second-order valence-electron chi connectivity index (χ2n) is 12.3. The van der Waals surface area contributed by atoms with E-state index in [1.807, 2.05) is 37.3 Å². The number of benzene rings is 2. The van der Waals surface area contributed by atoms with Crippen LogP contribution in [0.15, 0.2) is 83.6 Å². The van der Waals surface area contributed by atoms with E-state index in [9.17, 15) is 18.0 Å². The molecule has 8 nitrogen and oxygen atoms in total. The highest BCUT2D eigenvalue weighted by atomic mass is 19.4. The Morgan fingerprint density at radius 3 is 2.57 bits per heavy atom. The largest absolute Gasteiger partial charge is 0.474 e. The summed E-state index contributed by atoms with van der Waals surface area (Å²) < 4.78 is 58.2. The van der Waals surface area contributed by atoms with Gasteiger partial charge >= 0.3 is 6.18 Å². The molecule has 2 aromatic carbocycles. The lowest BCUT2D eigenvalue weighted by molar-refractivity contribution is -0.137.